The van der Waals surface area contributed by atoms with E-state index < -0.39 is 10.8 Å². The van der Waals surface area contributed by atoms with Gasteiger partial charge in [0.25, 0.3) is 0 Å². The third kappa shape index (κ3) is 3.08. The van der Waals surface area contributed by atoms with Gasteiger partial charge in [-0.1, -0.05) is 11.6 Å². The fourth-order valence-corrected chi connectivity index (χ4v) is 8.18. The van der Waals surface area contributed by atoms with Gasteiger partial charge in [0.1, 0.15) is 16.5 Å². The maximum Gasteiger partial charge on any atom is 0.227 e. The van der Waals surface area contributed by atoms with Crippen LogP contribution < -0.4 is 10.2 Å². The predicted molar refractivity (Wildman–Crippen MR) is 125 cm³/mol. The Morgan fingerprint density at radius 2 is 1.97 bits per heavy atom. The molecule has 3 aliphatic carbocycles. The SMILES string of the molecule is O=[S@]1c2c(nc(N3CC4CC3CC4c3ncc(Cl)cn3)nc2NC2(CO)CCC2)CC12CC2. The smallest absolute Gasteiger partial charge is 0.227 e. The van der Waals surface area contributed by atoms with Crippen LogP contribution in [-0.4, -0.2) is 58.7 Å². The molecule has 3 unspecified atom stereocenters. The molecular formula is C23H27ClN6O2S. The average Bonchev–Trinajstić information content (AvgIpc) is 3.15. The second kappa shape index (κ2) is 7.09. The van der Waals surface area contributed by atoms with Gasteiger partial charge in [-0.15, -0.1) is 0 Å². The van der Waals surface area contributed by atoms with Gasteiger partial charge in [-0.25, -0.2) is 15.0 Å². The molecule has 5 aliphatic rings. The molecule has 0 aromatic carbocycles. The minimum absolute atomic E-state index is 0.0655. The van der Waals surface area contributed by atoms with E-state index in [1.54, 1.807) is 12.4 Å². The molecule has 0 amide bonds. The van der Waals surface area contributed by atoms with E-state index in [1.807, 2.05) is 0 Å². The molecule has 4 fully saturated rings. The van der Waals surface area contributed by atoms with E-state index in [-0.39, 0.29) is 16.9 Å². The van der Waals surface area contributed by atoms with Crippen molar-refractivity contribution in [3.63, 3.8) is 0 Å². The number of nitrogens with zero attached hydrogens (tertiary/aromatic N) is 5. The number of rotatable bonds is 5. The summed E-state index contributed by atoms with van der Waals surface area (Å²) in [5.41, 5.74) is 0.593. The van der Waals surface area contributed by atoms with E-state index in [0.29, 0.717) is 28.7 Å². The topological polar surface area (TPSA) is 104 Å². The Kier molecular flexibility index (Phi) is 4.41. The summed E-state index contributed by atoms with van der Waals surface area (Å²) in [6, 6.07) is 0.350. The number of fused-ring (bicyclic) bond motifs is 3. The zero-order valence-electron chi connectivity index (χ0n) is 18.3. The van der Waals surface area contributed by atoms with Crippen molar-refractivity contribution in [2.45, 2.75) is 78.5 Å². The van der Waals surface area contributed by atoms with Crippen LogP contribution in [0.1, 0.15) is 62.4 Å². The van der Waals surface area contributed by atoms with Crippen LogP contribution in [0, 0.1) is 5.92 Å². The Morgan fingerprint density at radius 3 is 2.58 bits per heavy atom. The molecule has 4 heterocycles. The number of hydrogen-bond acceptors (Lipinski definition) is 8. The van der Waals surface area contributed by atoms with E-state index in [2.05, 4.69) is 20.2 Å². The van der Waals surface area contributed by atoms with Crippen molar-refractivity contribution in [1.29, 1.82) is 0 Å². The van der Waals surface area contributed by atoms with Gasteiger partial charge in [-0.2, -0.15) is 4.98 Å². The van der Waals surface area contributed by atoms with Crippen molar-refractivity contribution in [2.75, 3.05) is 23.4 Å². The number of aromatic nitrogens is 4. The van der Waals surface area contributed by atoms with Crippen molar-refractivity contribution in [3.05, 3.63) is 28.9 Å². The highest BCUT2D eigenvalue weighted by atomic mass is 35.5. The fraction of sp³-hybridized carbons (Fsp3) is 0.652. The maximum absolute atomic E-state index is 13.4. The summed E-state index contributed by atoms with van der Waals surface area (Å²) in [6.07, 6.45) is 11.1. The number of nitrogens with one attached hydrogen (secondary N) is 1. The second-order valence-corrected chi connectivity index (χ2v) is 12.8. The number of anilines is 2. The molecular weight excluding hydrogens is 460 g/mol. The summed E-state index contributed by atoms with van der Waals surface area (Å²) in [4.78, 5) is 22.0. The van der Waals surface area contributed by atoms with Crippen molar-refractivity contribution in [2.24, 2.45) is 5.92 Å². The molecule has 2 N–H and O–H groups in total. The van der Waals surface area contributed by atoms with E-state index >= 15 is 0 Å². The van der Waals surface area contributed by atoms with E-state index in [9.17, 15) is 9.32 Å². The van der Waals surface area contributed by atoms with Gasteiger partial charge >= 0.3 is 0 Å². The minimum Gasteiger partial charge on any atom is -0.394 e. The van der Waals surface area contributed by atoms with Crippen LogP contribution in [-0.2, 0) is 17.2 Å². The molecule has 2 aromatic heterocycles. The lowest BCUT2D eigenvalue weighted by molar-refractivity contribution is 0.143. The zero-order valence-corrected chi connectivity index (χ0v) is 19.9. The molecule has 4 atom stereocenters. The Labute approximate surface area is 200 Å². The Morgan fingerprint density at radius 1 is 1.18 bits per heavy atom. The van der Waals surface area contributed by atoms with Crippen molar-refractivity contribution < 1.29 is 9.32 Å². The van der Waals surface area contributed by atoms with Crippen molar-refractivity contribution in [3.8, 4) is 0 Å². The fourth-order valence-electron chi connectivity index (χ4n) is 6.31. The van der Waals surface area contributed by atoms with Crippen molar-refractivity contribution in [1.82, 2.24) is 19.9 Å². The van der Waals surface area contributed by atoms with Gasteiger partial charge in [0, 0.05) is 37.3 Å². The Balaban J connectivity index is 1.20. The van der Waals surface area contributed by atoms with Crippen LogP contribution in [0.4, 0.5) is 11.8 Å². The van der Waals surface area contributed by atoms with Crippen LogP contribution in [0.3, 0.4) is 0 Å². The number of halogens is 1. The molecule has 2 bridgehead atoms. The van der Waals surface area contributed by atoms with E-state index in [4.69, 9.17) is 21.6 Å². The molecule has 8 nitrogen and oxygen atoms in total. The van der Waals surface area contributed by atoms with Crippen LogP contribution in [0.5, 0.6) is 0 Å². The van der Waals surface area contributed by atoms with Crippen LogP contribution in [0.15, 0.2) is 17.3 Å². The summed E-state index contributed by atoms with van der Waals surface area (Å²) in [5, 5.41) is 14.1. The highest BCUT2D eigenvalue weighted by Gasteiger charge is 2.56. The summed E-state index contributed by atoms with van der Waals surface area (Å²) in [6.45, 7) is 0.939. The second-order valence-electron chi connectivity index (χ2n) is 10.6. The molecule has 2 aliphatic heterocycles. The standard InChI is InChI=1S/C23H27ClN6O2S/c24-14-9-25-19(26-10-14)16-7-15-6-13(16)11-30(15)21-27-17-8-23(4-5-23)33(32)18(17)20(28-21)29-22(12-31)2-1-3-22/h9-10,13,15-16,31H,1-8,11-12H2,(H,27,28,29)/t13?,15?,16?,33-/m0/s1. The number of hydrogen-bond donors (Lipinski definition) is 2. The molecule has 174 valence electrons. The van der Waals surface area contributed by atoms with Crippen LogP contribution in [0.2, 0.25) is 5.02 Å². The van der Waals surface area contributed by atoms with Crippen LogP contribution >= 0.6 is 11.6 Å². The molecule has 1 saturated heterocycles. The van der Waals surface area contributed by atoms with Gasteiger partial charge < -0.3 is 15.3 Å². The molecule has 10 heteroatoms. The molecule has 2 aromatic rings. The lowest BCUT2D eigenvalue weighted by Gasteiger charge is -2.42. The number of piperidine rings is 1. The molecule has 3 saturated carbocycles. The highest BCUT2D eigenvalue weighted by molar-refractivity contribution is 7.87. The summed E-state index contributed by atoms with van der Waals surface area (Å²) >= 11 is 5.97. The van der Waals surface area contributed by atoms with Gasteiger partial charge in [-0.05, 0) is 50.9 Å². The third-order valence-electron chi connectivity index (χ3n) is 8.57. The molecule has 0 radical (unpaired) electrons. The van der Waals surface area contributed by atoms with E-state index in [0.717, 1.165) is 80.3 Å². The first-order valence-electron chi connectivity index (χ1n) is 12.0. The normalized spacial score (nSPS) is 32.1. The van der Waals surface area contributed by atoms with Gasteiger partial charge in [0.15, 0.2) is 0 Å². The zero-order chi connectivity index (χ0) is 22.4. The summed E-state index contributed by atoms with van der Waals surface area (Å²) < 4.78 is 13.2. The average molecular weight is 487 g/mol. The largest absolute Gasteiger partial charge is 0.394 e. The minimum atomic E-state index is -1.08. The Hall–Kier alpha value is -1.84. The number of aliphatic hydroxyl groups excluding tert-OH is 1. The molecule has 7 rings (SSSR count). The van der Waals surface area contributed by atoms with Gasteiger partial charge in [0.05, 0.1) is 38.4 Å². The number of aliphatic hydroxyl groups is 1. The van der Waals surface area contributed by atoms with Gasteiger partial charge in [0.2, 0.25) is 5.95 Å². The predicted octanol–water partition coefficient (Wildman–Crippen LogP) is 2.83. The first kappa shape index (κ1) is 20.5. The first-order valence-corrected chi connectivity index (χ1v) is 13.5. The molecule has 33 heavy (non-hydrogen) atoms. The van der Waals surface area contributed by atoms with Crippen molar-refractivity contribution >= 4 is 34.2 Å². The quantitative estimate of drug-likeness (QED) is 0.664. The monoisotopic (exact) mass is 486 g/mol. The maximum atomic E-state index is 13.4. The highest BCUT2D eigenvalue weighted by Crippen LogP contribution is 2.55. The lowest BCUT2D eigenvalue weighted by Crippen LogP contribution is -2.49. The van der Waals surface area contributed by atoms with Gasteiger partial charge in [-0.3, -0.25) is 4.21 Å². The first-order chi connectivity index (χ1) is 16.0. The van der Waals surface area contributed by atoms with E-state index in [1.165, 1.54) is 0 Å². The lowest BCUT2D eigenvalue weighted by atomic mass is 9.77. The van der Waals surface area contributed by atoms with Crippen LogP contribution in [0.25, 0.3) is 0 Å². The summed E-state index contributed by atoms with van der Waals surface area (Å²) in [5.74, 6) is 3.10. The summed E-state index contributed by atoms with van der Waals surface area (Å²) in [7, 11) is -1.08. The molecule has 1 spiro atoms. The Bertz CT molecular complexity index is 1150. The third-order valence-corrected chi connectivity index (χ3v) is 10.9.